The van der Waals surface area contributed by atoms with Crippen LogP contribution in [0.1, 0.15) is 12.5 Å². The van der Waals surface area contributed by atoms with E-state index in [0.29, 0.717) is 43.1 Å². The van der Waals surface area contributed by atoms with Gasteiger partial charge in [0.2, 0.25) is 0 Å². The number of nitrogens with zero attached hydrogens (tertiary/aromatic N) is 5. The van der Waals surface area contributed by atoms with Crippen LogP contribution >= 0.6 is 0 Å². The summed E-state index contributed by atoms with van der Waals surface area (Å²) < 4.78 is 49.5. The predicted octanol–water partition coefficient (Wildman–Crippen LogP) is 4.86. The number of anilines is 2. The van der Waals surface area contributed by atoms with Crippen LogP contribution in [0.5, 0.6) is 0 Å². The number of alkyl halides is 2. The number of urea groups is 1. The molecule has 0 radical (unpaired) electrons. The van der Waals surface area contributed by atoms with Crippen molar-refractivity contribution >= 4 is 17.5 Å². The van der Waals surface area contributed by atoms with Gasteiger partial charge in [0.15, 0.2) is 0 Å². The molecule has 0 bridgehead atoms. The van der Waals surface area contributed by atoms with Gasteiger partial charge in [-0.2, -0.15) is 5.10 Å². The Hall–Kier alpha value is -3.86. The fraction of sp³-hybridized carbons (Fsp3) is 0.370. The molecule has 0 unspecified atom stereocenters. The molecule has 200 valence electrons. The van der Waals surface area contributed by atoms with Gasteiger partial charge in [-0.25, -0.2) is 22.9 Å². The van der Waals surface area contributed by atoms with Gasteiger partial charge in [0.05, 0.1) is 30.8 Å². The van der Waals surface area contributed by atoms with E-state index in [2.05, 4.69) is 15.3 Å². The zero-order chi connectivity index (χ0) is 27.0. The van der Waals surface area contributed by atoms with Crippen molar-refractivity contribution in [2.45, 2.75) is 19.8 Å². The summed E-state index contributed by atoms with van der Waals surface area (Å²) in [7, 11) is 1.83. The van der Waals surface area contributed by atoms with Gasteiger partial charge < -0.3 is 19.9 Å². The molecule has 0 aliphatic carbocycles. The topological polar surface area (TPSA) is 75.5 Å². The van der Waals surface area contributed by atoms with Crippen LogP contribution in [0.3, 0.4) is 0 Å². The molecule has 2 aromatic heterocycles. The smallest absolute Gasteiger partial charge is 0.322 e. The summed E-state index contributed by atoms with van der Waals surface area (Å²) in [4.78, 5) is 21.0. The fourth-order valence-corrected chi connectivity index (χ4v) is 4.63. The molecule has 0 saturated carbocycles. The van der Waals surface area contributed by atoms with E-state index in [0.717, 1.165) is 23.9 Å². The Balaban J connectivity index is 1.48. The first kappa shape index (κ1) is 25.8. The Labute approximate surface area is 218 Å². The number of carbonyl (C=O) groups is 1. The number of morpholine rings is 1. The zero-order valence-corrected chi connectivity index (χ0v) is 21.5. The van der Waals surface area contributed by atoms with E-state index >= 15 is 0 Å². The van der Waals surface area contributed by atoms with Gasteiger partial charge in [0.1, 0.15) is 11.6 Å². The molecule has 11 heteroatoms. The SMILES string of the molecule is Cc1cc(F)c(NC(=O)N2CC=C(C(C)(F)F)C2)cc1-c1cc(-c2cnn(C)c2)nc(N2CCOCC2)c1. The Morgan fingerprint density at radius 3 is 2.55 bits per heavy atom. The van der Waals surface area contributed by atoms with Gasteiger partial charge in [-0.3, -0.25) is 4.68 Å². The van der Waals surface area contributed by atoms with Crippen LogP contribution in [0.15, 0.2) is 48.3 Å². The van der Waals surface area contributed by atoms with E-state index < -0.39 is 17.8 Å². The summed E-state index contributed by atoms with van der Waals surface area (Å²) in [6, 6.07) is 6.14. The van der Waals surface area contributed by atoms with E-state index in [1.807, 2.05) is 25.4 Å². The van der Waals surface area contributed by atoms with Gasteiger partial charge in [-0.1, -0.05) is 6.08 Å². The molecule has 1 N–H and O–H groups in total. The van der Waals surface area contributed by atoms with Crippen molar-refractivity contribution in [1.29, 1.82) is 0 Å². The molecule has 8 nitrogen and oxygen atoms in total. The lowest BCUT2D eigenvalue weighted by atomic mass is 9.98. The number of carbonyl (C=O) groups excluding carboxylic acids is 1. The highest BCUT2D eigenvalue weighted by Gasteiger charge is 2.33. The lowest BCUT2D eigenvalue weighted by molar-refractivity contribution is 0.0602. The second kappa shape index (κ2) is 10.1. The van der Waals surface area contributed by atoms with Gasteiger partial charge in [0, 0.05) is 57.5 Å². The molecule has 2 amide bonds. The number of aromatic nitrogens is 3. The first-order valence-electron chi connectivity index (χ1n) is 12.4. The minimum absolute atomic E-state index is 0.0278. The summed E-state index contributed by atoms with van der Waals surface area (Å²) in [6.45, 7) is 4.98. The number of hydrogen-bond donors (Lipinski definition) is 1. The number of rotatable bonds is 5. The summed E-state index contributed by atoms with van der Waals surface area (Å²) >= 11 is 0. The van der Waals surface area contributed by atoms with E-state index in [-0.39, 0.29) is 24.4 Å². The van der Waals surface area contributed by atoms with Crippen LogP contribution in [0, 0.1) is 12.7 Å². The molecule has 1 aromatic carbocycles. The van der Waals surface area contributed by atoms with Crippen LogP contribution in [-0.2, 0) is 11.8 Å². The Morgan fingerprint density at radius 2 is 1.89 bits per heavy atom. The summed E-state index contributed by atoms with van der Waals surface area (Å²) in [5, 5.41) is 6.83. The monoisotopic (exact) mass is 526 g/mol. The number of benzene rings is 1. The van der Waals surface area contributed by atoms with Crippen molar-refractivity contribution < 1.29 is 22.7 Å². The molecule has 0 spiro atoms. The molecule has 1 fully saturated rings. The molecule has 2 aliphatic rings. The minimum atomic E-state index is -3.01. The highest BCUT2D eigenvalue weighted by atomic mass is 19.3. The maximum atomic E-state index is 15.0. The number of hydrogen-bond acceptors (Lipinski definition) is 5. The molecule has 0 atom stereocenters. The van der Waals surface area contributed by atoms with Crippen LogP contribution < -0.4 is 10.2 Å². The third-order valence-electron chi connectivity index (χ3n) is 6.78. The normalized spacial score (nSPS) is 16.1. The number of ether oxygens (including phenoxy) is 1. The zero-order valence-electron chi connectivity index (χ0n) is 21.5. The summed E-state index contributed by atoms with van der Waals surface area (Å²) in [5.41, 5.74) is 3.57. The maximum absolute atomic E-state index is 15.0. The van der Waals surface area contributed by atoms with Gasteiger partial charge >= 0.3 is 6.03 Å². The Kier molecular flexibility index (Phi) is 6.87. The van der Waals surface area contributed by atoms with Crippen molar-refractivity contribution in [2.24, 2.45) is 7.05 Å². The number of halogens is 3. The first-order chi connectivity index (χ1) is 18.1. The van der Waals surface area contributed by atoms with Crippen LogP contribution in [-0.4, -0.2) is 71.0 Å². The average molecular weight is 527 g/mol. The largest absolute Gasteiger partial charge is 0.378 e. The molecule has 1 saturated heterocycles. The van der Waals surface area contributed by atoms with Gasteiger partial charge in [-0.05, 0) is 47.9 Å². The molecule has 5 rings (SSSR count). The second-order valence-electron chi connectivity index (χ2n) is 9.68. The number of pyridine rings is 1. The number of nitrogens with one attached hydrogen (secondary N) is 1. The molecule has 2 aliphatic heterocycles. The highest BCUT2D eigenvalue weighted by Crippen LogP contribution is 2.34. The maximum Gasteiger partial charge on any atom is 0.322 e. The Bertz CT molecular complexity index is 1390. The lowest BCUT2D eigenvalue weighted by Gasteiger charge is -2.28. The Morgan fingerprint density at radius 1 is 1.13 bits per heavy atom. The fourth-order valence-electron chi connectivity index (χ4n) is 4.63. The van der Waals surface area contributed by atoms with Crippen LogP contribution in [0.25, 0.3) is 22.4 Å². The van der Waals surface area contributed by atoms with Gasteiger partial charge in [-0.15, -0.1) is 0 Å². The van der Waals surface area contributed by atoms with Crippen molar-refractivity contribution in [3.05, 3.63) is 59.7 Å². The molecule has 4 heterocycles. The average Bonchev–Trinajstić information content (AvgIpc) is 3.56. The van der Waals surface area contributed by atoms with Crippen molar-refractivity contribution in [2.75, 3.05) is 49.6 Å². The summed E-state index contributed by atoms with van der Waals surface area (Å²) in [5.74, 6) is -2.86. The molecular weight excluding hydrogens is 497 g/mol. The summed E-state index contributed by atoms with van der Waals surface area (Å²) in [6.07, 6.45) is 4.94. The van der Waals surface area contributed by atoms with E-state index in [1.54, 1.807) is 23.9 Å². The van der Waals surface area contributed by atoms with Crippen molar-refractivity contribution in [3.63, 3.8) is 0 Å². The van der Waals surface area contributed by atoms with E-state index in [1.165, 1.54) is 17.0 Å². The van der Waals surface area contributed by atoms with Crippen molar-refractivity contribution in [3.8, 4) is 22.4 Å². The minimum Gasteiger partial charge on any atom is -0.378 e. The predicted molar refractivity (Wildman–Crippen MR) is 139 cm³/mol. The van der Waals surface area contributed by atoms with E-state index in [4.69, 9.17) is 9.72 Å². The van der Waals surface area contributed by atoms with Crippen molar-refractivity contribution in [1.82, 2.24) is 19.7 Å². The van der Waals surface area contributed by atoms with E-state index in [9.17, 15) is 18.0 Å². The molecule has 3 aromatic rings. The quantitative estimate of drug-likeness (QED) is 0.481. The third-order valence-corrected chi connectivity index (χ3v) is 6.78. The second-order valence-corrected chi connectivity index (χ2v) is 9.68. The molecule has 38 heavy (non-hydrogen) atoms. The first-order valence-corrected chi connectivity index (χ1v) is 12.4. The van der Waals surface area contributed by atoms with Crippen LogP contribution in [0.2, 0.25) is 0 Å². The molecular formula is C27H29F3N6O2. The standard InChI is InChI=1S/C27H29F3N6O2/c1-17-10-22(28)24(33-26(37)36-5-4-20(16-36)27(2,29)30)13-21(17)18-11-23(19-14-31-34(3)15-19)32-25(12-18)35-6-8-38-9-7-35/h4,10-15H,5-9,16H2,1-3H3,(H,33,37). The third kappa shape index (κ3) is 5.38. The van der Waals surface area contributed by atoms with Gasteiger partial charge in [0.25, 0.3) is 5.92 Å². The number of amides is 2. The highest BCUT2D eigenvalue weighted by molar-refractivity contribution is 5.91. The number of aryl methyl sites for hydroxylation is 2. The van der Waals surface area contributed by atoms with Crippen LogP contribution in [0.4, 0.5) is 29.5 Å². The lowest BCUT2D eigenvalue weighted by Crippen LogP contribution is -2.36.